The van der Waals surface area contributed by atoms with Crippen molar-refractivity contribution >= 4 is 23.2 Å². The summed E-state index contributed by atoms with van der Waals surface area (Å²) in [5.41, 5.74) is 7.25. The molecule has 0 radical (unpaired) electrons. The predicted octanol–water partition coefficient (Wildman–Crippen LogP) is 2.06. The number of hydrazine groups is 1. The van der Waals surface area contributed by atoms with E-state index in [2.05, 4.69) is 16.2 Å². The number of aryl methyl sites for hydroxylation is 1. The van der Waals surface area contributed by atoms with Crippen LogP contribution in [0.15, 0.2) is 36.4 Å². The van der Waals surface area contributed by atoms with E-state index in [1.54, 1.807) is 14.2 Å². The van der Waals surface area contributed by atoms with Crippen molar-refractivity contribution in [3.8, 4) is 23.0 Å². The summed E-state index contributed by atoms with van der Waals surface area (Å²) < 4.78 is 21.1. The van der Waals surface area contributed by atoms with E-state index >= 15 is 0 Å². The van der Waals surface area contributed by atoms with Gasteiger partial charge in [0, 0.05) is 13.0 Å². The quantitative estimate of drug-likeness (QED) is 0.466. The molecule has 3 rings (SSSR count). The minimum atomic E-state index is -0.174. The van der Waals surface area contributed by atoms with Crippen molar-refractivity contribution in [1.82, 2.24) is 16.2 Å². The SMILES string of the molecule is COc1ccc(CCC(=O)NNC(=S)NCc2ccc3c(c2)OCO3)cc1OC. The zero-order chi connectivity index (χ0) is 20.6. The van der Waals surface area contributed by atoms with Crippen LogP contribution < -0.4 is 35.1 Å². The van der Waals surface area contributed by atoms with Crippen molar-refractivity contribution in [2.45, 2.75) is 19.4 Å². The van der Waals surface area contributed by atoms with Crippen LogP contribution in [0.3, 0.4) is 0 Å². The zero-order valence-electron chi connectivity index (χ0n) is 16.2. The summed E-state index contributed by atoms with van der Waals surface area (Å²) in [5, 5.41) is 3.35. The Kier molecular flexibility index (Phi) is 6.96. The fourth-order valence-electron chi connectivity index (χ4n) is 2.76. The summed E-state index contributed by atoms with van der Waals surface area (Å²) in [5.74, 6) is 2.56. The molecular weight excluding hydrogens is 394 g/mol. The Balaban J connectivity index is 1.38. The van der Waals surface area contributed by atoms with Gasteiger partial charge < -0.3 is 24.3 Å². The molecule has 0 spiro atoms. The fourth-order valence-corrected chi connectivity index (χ4v) is 2.88. The van der Waals surface area contributed by atoms with Gasteiger partial charge in [-0.2, -0.15) is 0 Å². The lowest BCUT2D eigenvalue weighted by Gasteiger charge is -2.12. The number of rotatable bonds is 7. The largest absolute Gasteiger partial charge is 0.493 e. The van der Waals surface area contributed by atoms with Gasteiger partial charge in [-0.3, -0.25) is 15.6 Å². The van der Waals surface area contributed by atoms with Gasteiger partial charge in [-0.25, -0.2) is 0 Å². The van der Waals surface area contributed by atoms with Gasteiger partial charge in [-0.1, -0.05) is 12.1 Å². The molecule has 1 aliphatic heterocycles. The molecule has 0 bridgehead atoms. The maximum absolute atomic E-state index is 12.1. The molecule has 0 saturated heterocycles. The predicted molar refractivity (Wildman–Crippen MR) is 111 cm³/mol. The molecule has 29 heavy (non-hydrogen) atoms. The van der Waals surface area contributed by atoms with E-state index < -0.39 is 0 Å². The number of nitrogens with one attached hydrogen (secondary N) is 3. The smallest absolute Gasteiger partial charge is 0.238 e. The molecule has 0 fully saturated rings. The van der Waals surface area contributed by atoms with Crippen LogP contribution in [0.25, 0.3) is 0 Å². The van der Waals surface area contributed by atoms with Crippen LogP contribution in [0.1, 0.15) is 17.5 Å². The van der Waals surface area contributed by atoms with Crippen molar-refractivity contribution in [2.75, 3.05) is 21.0 Å². The Morgan fingerprint density at radius 1 is 1.00 bits per heavy atom. The molecular formula is C20H23N3O5S. The fraction of sp³-hybridized carbons (Fsp3) is 0.300. The molecule has 0 saturated carbocycles. The second kappa shape index (κ2) is 9.83. The summed E-state index contributed by atoms with van der Waals surface area (Å²) in [6, 6.07) is 11.2. The van der Waals surface area contributed by atoms with Crippen LogP contribution in [0.4, 0.5) is 0 Å². The number of thiocarbonyl (C=S) groups is 1. The summed E-state index contributed by atoms with van der Waals surface area (Å²) in [4.78, 5) is 12.1. The molecule has 9 heteroatoms. The van der Waals surface area contributed by atoms with Gasteiger partial charge in [-0.05, 0) is 54.0 Å². The monoisotopic (exact) mass is 417 g/mol. The van der Waals surface area contributed by atoms with Crippen LogP contribution in [0, 0.1) is 0 Å². The second-order valence-electron chi connectivity index (χ2n) is 6.23. The molecule has 1 heterocycles. The topological polar surface area (TPSA) is 90.1 Å². The number of benzene rings is 2. The number of carbonyl (C=O) groups excluding carboxylic acids is 1. The number of amides is 1. The van der Waals surface area contributed by atoms with Gasteiger partial charge in [0.2, 0.25) is 12.7 Å². The molecule has 3 N–H and O–H groups in total. The average molecular weight is 417 g/mol. The number of fused-ring (bicyclic) bond motifs is 1. The highest BCUT2D eigenvalue weighted by Gasteiger charge is 2.13. The Bertz CT molecular complexity index is 890. The van der Waals surface area contributed by atoms with Crippen LogP contribution in [-0.2, 0) is 17.8 Å². The molecule has 1 amide bonds. The normalized spacial score (nSPS) is 11.5. The maximum Gasteiger partial charge on any atom is 0.238 e. The van der Waals surface area contributed by atoms with E-state index in [0.29, 0.717) is 41.7 Å². The number of methoxy groups -OCH3 is 2. The lowest BCUT2D eigenvalue weighted by atomic mass is 10.1. The Morgan fingerprint density at radius 3 is 2.55 bits per heavy atom. The molecule has 1 aliphatic rings. The Labute approximate surface area is 174 Å². The summed E-state index contributed by atoms with van der Waals surface area (Å²) in [6.07, 6.45) is 0.860. The van der Waals surface area contributed by atoms with Gasteiger partial charge >= 0.3 is 0 Å². The maximum atomic E-state index is 12.1. The first-order valence-corrected chi connectivity index (χ1v) is 9.42. The highest BCUT2D eigenvalue weighted by molar-refractivity contribution is 7.80. The molecule has 0 aliphatic carbocycles. The van der Waals surface area contributed by atoms with Crippen LogP contribution in [-0.4, -0.2) is 32.0 Å². The molecule has 0 atom stereocenters. The zero-order valence-corrected chi connectivity index (χ0v) is 17.1. The van der Waals surface area contributed by atoms with E-state index in [-0.39, 0.29) is 12.7 Å². The number of ether oxygens (including phenoxy) is 4. The van der Waals surface area contributed by atoms with Crippen molar-refractivity contribution in [2.24, 2.45) is 0 Å². The Morgan fingerprint density at radius 2 is 1.76 bits per heavy atom. The third-order valence-electron chi connectivity index (χ3n) is 4.29. The van der Waals surface area contributed by atoms with Crippen molar-refractivity contribution in [1.29, 1.82) is 0 Å². The van der Waals surface area contributed by atoms with Crippen LogP contribution >= 0.6 is 12.2 Å². The summed E-state index contributed by atoms with van der Waals surface area (Å²) in [6.45, 7) is 0.728. The molecule has 0 unspecified atom stereocenters. The van der Waals surface area contributed by atoms with Gasteiger partial charge in [0.25, 0.3) is 0 Å². The standard InChI is InChI=1S/C20H23N3O5S/c1-25-15-6-3-13(9-17(15)26-2)5-8-19(24)22-23-20(29)21-11-14-4-7-16-18(10-14)28-12-27-16/h3-4,6-7,9-10H,5,8,11-12H2,1-2H3,(H,22,24)(H2,21,23,29). The number of hydrogen-bond donors (Lipinski definition) is 3. The molecule has 154 valence electrons. The third kappa shape index (κ3) is 5.64. The summed E-state index contributed by atoms with van der Waals surface area (Å²) >= 11 is 5.19. The molecule has 0 aromatic heterocycles. The second-order valence-corrected chi connectivity index (χ2v) is 6.64. The van der Waals surface area contributed by atoms with E-state index in [4.69, 9.17) is 31.2 Å². The Hall–Kier alpha value is -3.20. The minimum absolute atomic E-state index is 0.174. The van der Waals surface area contributed by atoms with Crippen LogP contribution in [0.2, 0.25) is 0 Å². The molecule has 2 aromatic carbocycles. The number of carbonyl (C=O) groups is 1. The lowest BCUT2D eigenvalue weighted by molar-refractivity contribution is -0.121. The van der Waals surface area contributed by atoms with Gasteiger partial charge in [-0.15, -0.1) is 0 Å². The first-order chi connectivity index (χ1) is 14.1. The van der Waals surface area contributed by atoms with Crippen LogP contribution in [0.5, 0.6) is 23.0 Å². The van der Waals surface area contributed by atoms with Crippen molar-refractivity contribution in [3.05, 3.63) is 47.5 Å². The lowest BCUT2D eigenvalue weighted by Crippen LogP contribution is -2.46. The first kappa shape index (κ1) is 20.5. The van der Waals surface area contributed by atoms with E-state index in [1.165, 1.54) is 0 Å². The van der Waals surface area contributed by atoms with E-state index in [1.807, 2.05) is 36.4 Å². The van der Waals surface area contributed by atoms with Gasteiger partial charge in [0.1, 0.15) is 0 Å². The van der Waals surface area contributed by atoms with Gasteiger partial charge in [0.15, 0.2) is 28.1 Å². The van der Waals surface area contributed by atoms with Crippen molar-refractivity contribution in [3.63, 3.8) is 0 Å². The summed E-state index contributed by atoms with van der Waals surface area (Å²) in [7, 11) is 3.16. The highest BCUT2D eigenvalue weighted by atomic mass is 32.1. The first-order valence-electron chi connectivity index (χ1n) is 9.01. The highest BCUT2D eigenvalue weighted by Crippen LogP contribution is 2.32. The molecule has 8 nitrogen and oxygen atoms in total. The average Bonchev–Trinajstić information content (AvgIpc) is 3.22. The minimum Gasteiger partial charge on any atom is -0.493 e. The van der Waals surface area contributed by atoms with Gasteiger partial charge in [0.05, 0.1) is 14.2 Å². The third-order valence-corrected chi connectivity index (χ3v) is 4.54. The van der Waals surface area contributed by atoms with Crippen molar-refractivity contribution < 1.29 is 23.7 Å². The van der Waals surface area contributed by atoms with E-state index in [0.717, 1.165) is 16.9 Å². The number of hydrogen-bond acceptors (Lipinski definition) is 6. The molecule has 2 aromatic rings. The van der Waals surface area contributed by atoms with E-state index in [9.17, 15) is 4.79 Å².